The van der Waals surface area contributed by atoms with Gasteiger partial charge in [0, 0.05) is 36.0 Å². The van der Waals surface area contributed by atoms with Gasteiger partial charge in [0.05, 0.1) is 50.7 Å². The second-order valence-corrected chi connectivity index (χ2v) is 30.2. The standard InChI is InChI=1S/C52H64BrF2N3O8S2Si/c1-35-16-19-40(20-17-35)68(62,63)57-26-22-41-46(57)33-44(55)48(47(41)53)66-39-18-21-43(54)42(32-39)45-23-27-58(56-45)52(8,38-15-12-14-37(31-38)30-36(2)49(59)64-9)25-13-24-51(6,7)34-67(60,61)29-28-65-69(10,11)50(3,4)5/h12,14-23,26-27,31-33,36H,13,24-25,28-30,34H2,1-11H3/t36-,52?/m1/s1. The molecule has 0 saturated heterocycles. The van der Waals surface area contributed by atoms with E-state index in [1.54, 1.807) is 35.1 Å². The van der Waals surface area contributed by atoms with Gasteiger partial charge in [-0.25, -0.2) is 29.6 Å². The summed E-state index contributed by atoms with van der Waals surface area (Å²) in [5, 5.41) is 5.29. The molecule has 69 heavy (non-hydrogen) atoms. The molecule has 0 radical (unpaired) electrons. The first kappa shape index (κ1) is 53.7. The molecule has 0 bridgehead atoms. The fourth-order valence-electron chi connectivity index (χ4n) is 8.27. The highest BCUT2D eigenvalue weighted by Crippen LogP contribution is 2.42. The Morgan fingerprint density at radius 2 is 1.57 bits per heavy atom. The quantitative estimate of drug-likeness (QED) is 0.0541. The molecule has 1 unspecified atom stereocenters. The van der Waals surface area contributed by atoms with Crippen LogP contribution in [0, 0.1) is 29.9 Å². The summed E-state index contributed by atoms with van der Waals surface area (Å²) in [7, 11) is -8.25. The first-order valence-electron chi connectivity index (χ1n) is 22.9. The molecule has 2 aromatic heterocycles. The number of esters is 1. The van der Waals surface area contributed by atoms with E-state index in [1.807, 2.05) is 58.9 Å². The fraction of sp³-hybridized carbons (Fsp3) is 0.423. The molecule has 2 heterocycles. The molecule has 11 nitrogen and oxygen atoms in total. The number of aromatic nitrogens is 3. The number of benzene rings is 4. The normalized spacial score (nSPS) is 14.2. The van der Waals surface area contributed by atoms with Gasteiger partial charge in [0.2, 0.25) is 0 Å². The van der Waals surface area contributed by atoms with E-state index in [9.17, 15) is 21.6 Å². The van der Waals surface area contributed by atoms with E-state index in [-0.39, 0.29) is 66.8 Å². The Labute approximate surface area is 415 Å². The molecule has 2 atom stereocenters. The highest BCUT2D eigenvalue weighted by Gasteiger charge is 2.38. The molecule has 0 spiro atoms. The average Bonchev–Trinajstić information content (AvgIpc) is 3.94. The maximum Gasteiger partial charge on any atom is 0.308 e. The summed E-state index contributed by atoms with van der Waals surface area (Å²) in [4.78, 5) is 12.4. The van der Waals surface area contributed by atoms with Crippen molar-refractivity contribution >= 4 is 61.0 Å². The molecule has 4 aromatic carbocycles. The number of hydrogen-bond donors (Lipinski definition) is 0. The summed E-state index contributed by atoms with van der Waals surface area (Å²) < 4.78 is 106. The molecular formula is C52H64BrF2N3O8S2Si. The third-order valence-corrected chi connectivity index (χ3v) is 22.4. The number of fused-ring (bicyclic) bond motifs is 1. The molecule has 6 rings (SSSR count). The van der Waals surface area contributed by atoms with Gasteiger partial charge in [-0.1, -0.05) is 89.9 Å². The monoisotopic (exact) mass is 1070 g/mol. The van der Waals surface area contributed by atoms with Crippen LogP contribution in [0.2, 0.25) is 18.1 Å². The Kier molecular flexibility index (Phi) is 16.0. The van der Waals surface area contributed by atoms with Crippen LogP contribution in [0.25, 0.3) is 22.2 Å². The third-order valence-electron chi connectivity index (χ3n) is 13.4. The number of aryl methyl sites for hydroxylation is 1. The van der Waals surface area contributed by atoms with Crippen LogP contribution >= 0.6 is 15.9 Å². The van der Waals surface area contributed by atoms with Gasteiger partial charge in [-0.15, -0.1) is 0 Å². The Morgan fingerprint density at radius 3 is 2.23 bits per heavy atom. The molecule has 0 saturated carbocycles. The van der Waals surface area contributed by atoms with Gasteiger partial charge in [-0.3, -0.25) is 9.48 Å². The Bertz CT molecular complexity index is 3060. The number of halogens is 3. The Morgan fingerprint density at radius 1 is 0.870 bits per heavy atom. The van der Waals surface area contributed by atoms with Crippen molar-refractivity contribution in [2.24, 2.45) is 11.3 Å². The smallest absolute Gasteiger partial charge is 0.308 e. The highest BCUT2D eigenvalue weighted by atomic mass is 79.9. The van der Waals surface area contributed by atoms with Crippen LogP contribution in [0.5, 0.6) is 11.5 Å². The maximum absolute atomic E-state index is 16.0. The first-order valence-corrected chi connectivity index (χ1v) is 29.9. The van der Waals surface area contributed by atoms with E-state index in [0.29, 0.717) is 31.1 Å². The van der Waals surface area contributed by atoms with Crippen LogP contribution in [-0.4, -0.2) is 70.1 Å². The minimum atomic E-state index is -4.06. The number of methoxy groups -OCH3 is 1. The van der Waals surface area contributed by atoms with Crippen LogP contribution in [0.1, 0.15) is 84.4 Å². The van der Waals surface area contributed by atoms with Crippen molar-refractivity contribution in [3.63, 3.8) is 0 Å². The Balaban J connectivity index is 1.27. The van der Waals surface area contributed by atoms with Gasteiger partial charge in [0.1, 0.15) is 11.6 Å². The molecule has 0 aliphatic rings. The molecule has 0 N–H and O–H groups in total. The van der Waals surface area contributed by atoms with Gasteiger partial charge in [0.15, 0.2) is 29.7 Å². The van der Waals surface area contributed by atoms with Gasteiger partial charge in [0.25, 0.3) is 10.0 Å². The molecule has 0 aliphatic heterocycles. The van der Waals surface area contributed by atoms with Crippen LogP contribution in [-0.2, 0) is 45.8 Å². The predicted octanol–water partition coefficient (Wildman–Crippen LogP) is 12.6. The lowest BCUT2D eigenvalue weighted by molar-refractivity contribution is -0.144. The lowest BCUT2D eigenvalue weighted by Gasteiger charge is -2.36. The SMILES string of the molecule is COC(=O)[C@H](C)Cc1cccc(C(C)(CCCC(C)(C)CS(=O)(=O)CCO[Si](C)(C)C(C)(C)C)n2ccc(-c3cc(Oc4c(F)cc5c(ccn5S(=O)(=O)c5ccc(C)cc5)c4Br)ccc3F)n2)c1. The zero-order valence-corrected chi connectivity index (χ0v) is 45.5. The number of carbonyl (C=O) groups is 1. The third kappa shape index (κ3) is 12.3. The predicted molar refractivity (Wildman–Crippen MR) is 275 cm³/mol. The zero-order valence-electron chi connectivity index (χ0n) is 41.3. The summed E-state index contributed by atoms with van der Waals surface area (Å²) in [6.45, 7) is 20.4. The number of carbonyl (C=O) groups excluding carboxylic acids is 1. The van der Waals surface area contributed by atoms with E-state index >= 15 is 8.78 Å². The number of ether oxygens (including phenoxy) is 2. The minimum absolute atomic E-state index is 0.000908. The Hall–Kier alpha value is -4.68. The minimum Gasteiger partial charge on any atom is -0.469 e. The van der Waals surface area contributed by atoms with Crippen LogP contribution in [0.3, 0.4) is 0 Å². The van der Waals surface area contributed by atoms with Crippen molar-refractivity contribution in [3.05, 3.63) is 130 Å². The number of hydrogen-bond acceptors (Lipinski definition) is 9. The number of rotatable bonds is 20. The molecule has 372 valence electrons. The summed E-state index contributed by atoms with van der Waals surface area (Å²) in [5.74, 6) is -2.33. The average molecular weight is 1070 g/mol. The van der Waals surface area contributed by atoms with Crippen LogP contribution in [0.4, 0.5) is 8.78 Å². The van der Waals surface area contributed by atoms with Crippen molar-refractivity contribution in [1.29, 1.82) is 0 Å². The van der Waals surface area contributed by atoms with Crippen molar-refractivity contribution in [2.45, 2.75) is 110 Å². The van der Waals surface area contributed by atoms with Crippen molar-refractivity contribution in [2.75, 3.05) is 25.2 Å². The topological polar surface area (TPSA) is 136 Å². The maximum atomic E-state index is 16.0. The number of sulfone groups is 1. The summed E-state index contributed by atoms with van der Waals surface area (Å²) in [6.07, 6.45) is 5.28. The van der Waals surface area contributed by atoms with E-state index in [1.165, 1.54) is 43.6 Å². The lowest BCUT2D eigenvalue weighted by atomic mass is 9.82. The van der Waals surface area contributed by atoms with Gasteiger partial charge >= 0.3 is 5.97 Å². The van der Waals surface area contributed by atoms with E-state index < -0.39 is 56.7 Å². The summed E-state index contributed by atoms with van der Waals surface area (Å²) in [6, 6.07) is 22.6. The van der Waals surface area contributed by atoms with Crippen LogP contribution < -0.4 is 4.74 Å². The second-order valence-electron chi connectivity index (χ2n) is 20.6. The van der Waals surface area contributed by atoms with Crippen molar-refractivity contribution in [3.8, 4) is 22.8 Å². The van der Waals surface area contributed by atoms with Crippen LogP contribution in [0.15, 0.2) is 107 Å². The lowest BCUT2D eigenvalue weighted by Crippen LogP contribution is -2.42. The molecule has 0 aliphatic carbocycles. The van der Waals surface area contributed by atoms with E-state index in [4.69, 9.17) is 19.0 Å². The zero-order chi connectivity index (χ0) is 50.9. The fourth-order valence-corrected chi connectivity index (χ4v) is 13.2. The molecule has 6 aromatic rings. The molecular weight excluding hydrogens is 1000 g/mol. The van der Waals surface area contributed by atoms with Crippen molar-refractivity contribution < 1.29 is 44.3 Å². The second kappa shape index (κ2) is 20.6. The van der Waals surface area contributed by atoms with E-state index in [2.05, 4.69) is 49.8 Å². The van der Waals surface area contributed by atoms with Gasteiger partial charge < -0.3 is 13.9 Å². The van der Waals surface area contributed by atoms with Gasteiger partial charge in [-0.05, 0) is 126 Å². The summed E-state index contributed by atoms with van der Waals surface area (Å²) >= 11 is 3.44. The van der Waals surface area contributed by atoms with E-state index in [0.717, 1.165) is 26.7 Å². The van der Waals surface area contributed by atoms with Crippen molar-refractivity contribution in [1.82, 2.24) is 13.8 Å². The summed E-state index contributed by atoms with van der Waals surface area (Å²) in [5.41, 5.74) is 1.76. The largest absolute Gasteiger partial charge is 0.469 e. The first-order chi connectivity index (χ1) is 32.1. The van der Waals surface area contributed by atoms with Gasteiger partial charge in [-0.2, -0.15) is 5.10 Å². The molecule has 0 fully saturated rings. The molecule has 17 heteroatoms. The molecule has 0 amide bonds. The highest BCUT2D eigenvalue weighted by molar-refractivity contribution is 9.10. The number of nitrogens with zero attached hydrogens (tertiary/aromatic N) is 3.